The number of aliphatic carboxylic acids is 1. The average Bonchev–Trinajstić information content (AvgIpc) is 3.00. The largest absolute Gasteiger partial charge is 0.480 e. The standard InChI is InChI=1S/C12H22N2O3/c1-4-7-11(2,13)9(15)14-12(3,10(16)17)8-5-6-8/h8H,4-7,13H2,1-3H3,(H,14,15)(H,16,17). The summed E-state index contributed by atoms with van der Waals surface area (Å²) in [5.74, 6) is -1.34. The van der Waals surface area contributed by atoms with Crippen LogP contribution in [0.25, 0.3) is 0 Å². The molecule has 4 N–H and O–H groups in total. The Hall–Kier alpha value is -1.10. The van der Waals surface area contributed by atoms with Crippen molar-refractivity contribution in [2.24, 2.45) is 11.7 Å². The summed E-state index contributed by atoms with van der Waals surface area (Å²) in [6.07, 6.45) is 3.02. The third-order valence-electron chi connectivity index (χ3n) is 3.50. The van der Waals surface area contributed by atoms with Crippen molar-refractivity contribution in [1.29, 1.82) is 0 Å². The summed E-state index contributed by atoms with van der Waals surface area (Å²) < 4.78 is 0. The van der Waals surface area contributed by atoms with Crippen LogP contribution in [-0.4, -0.2) is 28.1 Å². The molecule has 2 atom stereocenters. The normalized spacial score (nSPS) is 22.4. The second-order valence-electron chi connectivity index (χ2n) is 5.40. The van der Waals surface area contributed by atoms with Gasteiger partial charge in [-0.05, 0) is 39.0 Å². The van der Waals surface area contributed by atoms with Gasteiger partial charge < -0.3 is 16.2 Å². The Morgan fingerprint density at radius 2 is 1.94 bits per heavy atom. The van der Waals surface area contributed by atoms with Crippen LogP contribution in [0.1, 0.15) is 46.5 Å². The molecule has 0 spiro atoms. The van der Waals surface area contributed by atoms with Gasteiger partial charge in [0, 0.05) is 0 Å². The van der Waals surface area contributed by atoms with Crippen LogP contribution in [0.5, 0.6) is 0 Å². The first kappa shape index (κ1) is 14.0. The number of nitrogens with one attached hydrogen (secondary N) is 1. The van der Waals surface area contributed by atoms with Gasteiger partial charge in [-0.15, -0.1) is 0 Å². The van der Waals surface area contributed by atoms with Gasteiger partial charge in [-0.3, -0.25) is 4.79 Å². The van der Waals surface area contributed by atoms with Gasteiger partial charge in [0.25, 0.3) is 0 Å². The summed E-state index contributed by atoms with van der Waals surface area (Å²) >= 11 is 0. The molecular weight excluding hydrogens is 220 g/mol. The zero-order valence-corrected chi connectivity index (χ0v) is 10.7. The van der Waals surface area contributed by atoms with Crippen LogP contribution >= 0.6 is 0 Å². The molecule has 2 unspecified atom stereocenters. The molecule has 1 amide bonds. The van der Waals surface area contributed by atoms with E-state index in [1.807, 2.05) is 6.92 Å². The minimum atomic E-state index is -1.18. The van der Waals surface area contributed by atoms with Crippen LogP contribution in [0, 0.1) is 5.92 Å². The summed E-state index contributed by atoms with van der Waals surface area (Å²) in [5.41, 5.74) is 3.72. The number of hydrogen-bond acceptors (Lipinski definition) is 3. The lowest BCUT2D eigenvalue weighted by atomic mass is 9.91. The molecule has 0 saturated heterocycles. The third kappa shape index (κ3) is 2.97. The Bertz CT molecular complexity index is 324. The molecule has 0 aromatic heterocycles. The van der Waals surface area contributed by atoms with E-state index in [9.17, 15) is 14.7 Å². The van der Waals surface area contributed by atoms with Gasteiger partial charge in [-0.2, -0.15) is 0 Å². The predicted molar refractivity (Wildman–Crippen MR) is 64.4 cm³/mol. The van der Waals surface area contributed by atoms with Crippen molar-refractivity contribution in [2.45, 2.75) is 57.5 Å². The first-order valence-corrected chi connectivity index (χ1v) is 6.09. The van der Waals surface area contributed by atoms with Gasteiger partial charge in [-0.1, -0.05) is 13.3 Å². The number of carbonyl (C=O) groups excluding carboxylic acids is 1. The monoisotopic (exact) mass is 242 g/mol. The van der Waals surface area contributed by atoms with E-state index in [-0.39, 0.29) is 11.8 Å². The second kappa shape index (κ2) is 4.64. The smallest absolute Gasteiger partial charge is 0.329 e. The molecule has 0 aliphatic heterocycles. The molecule has 1 rings (SSSR count). The summed E-state index contributed by atoms with van der Waals surface area (Å²) in [6, 6.07) is 0. The lowest BCUT2D eigenvalue weighted by Gasteiger charge is -2.31. The highest BCUT2D eigenvalue weighted by Gasteiger charge is 2.49. The van der Waals surface area contributed by atoms with Crippen LogP contribution in [0.4, 0.5) is 0 Å². The molecule has 1 aliphatic carbocycles. The van der Waals surface area contributed by atoms with Gasteiger partial charge in [0.2, 0.25) is 5.91 Å². The predicted octanol–water partition coefficient (Wildman–Crippen LogP) is 0.873. The van der Waals surface area contributed by atoms with Crippen LogP contribution in [-0.2, 0) is 9.59 Å². The summed E-state index contributed by atoms with van der Waals surface area (Å²) in [6.45, 7) is 5.14. The minimum Gasteiger partial charge on any atom is -0.480 e. The number of carbonyl (C=O) groups is 2. The lowest BCUT2D eigenvalue weighted by Crippen LogP contribution is -2.61. The fourth-order valence-electron chi connectivity index (χ4n) is 2.00. The zero-order chi connectivity index (χ0) is 13.3. The van der Waals surface area contributed by atoms with Crippen LogP contribution in [0.3, 0.4) is 0 Å². The molecule has 17 heavy (non-hydrogen) atoms. The highest BCUT2D eigenvalue weighted by Crippen LogP contribution is 2.40. The van der Waals surface area contributed by atoms with E-state index in [0.29, 0.717) is 6.42 Å². The summed E-state index contributed by atoms with van der Waals surface area (Å²) in [7, 11) is 0. The SMILES string of the molecule is CCCC(C)(N)C(=O)NC(C)(C(=O)O)C1CC1. The molecule has 0 radical (unpaired) electrons. The molecule has 0 heterocycles. The maximum Gasteiger partial charge on any atom is 0.329 e. The number of nitrogens with two attached hydrogens (primary N) is 1. The molecular formula is C12H22N2O3. The Balaban J connectivity index is 2.74. The molecule has 98 valence electrons. The van der Waals surface area contributed by atoms with Crippen molar-refractivity contribution in [1.82, 2.24) is 5.32 Å². The van der Waals surface area contributed by atoms with Crippen molar-refractivity contribution in [3.05, 3.63) is 0 Å². The van der Waals surface area contributed by atoms with E-state index >= 15 is 0 Å². The van der Waals surface area contributed by atoms with Crippen molar-refractivity contribution in [2.75, 3.05) is 0 Å². The molecule has 0 aromatic carbocycles. The first-order chi connectivity index (χ1) is 7.74. The molecule has 1 aliphatic rings. The van der Waals surface area contributed by atoms with Crippen LogP contribution in [0.2, 0.25) is 0 Å². The number of carboxylic acids is 1. The van der Waals surface area contributed by atoms with Gasteiger partial charge in [0.1, 0.15) is 5.54 Å². The molecule has 0 aromatic rings. The van der Waals surface area contributed by atoms with Crippen LogP contribution in [0.15, 0.2) is 0 Å². The average molecular weight is 242 g/mol. The quantitative estimate of drug-likeness (QED) is 0.644. The summed E-state index contributed by atoms with van der Waals surface area (Å²) in [4.78, 5) is 23.3. The fraction of sp³-hybridized carbons (Fsp3) is 0.833. The topological polar surface area (TPSA) is 92.4 Å². The van der Waals surface area contributed by atoms with Gasteiger partial charge >= 0.3 is 5.97 Å². The van der Waals surface area contributed by atoms with Gasteiger partial charge in [0.05, 0.1) is 5.54 Å². The minimum absolute atomic E-state index is 0.0291. The number of amides is 1. The second-order valence-corrected chi connectivity index (χ2v) is 5.40. The maximum absolute atomic E-state index is 12.0. The zero-order valence-electron chi connectivity index (χ0n) is 10.7. The highest BCUT2D eigenvalue weighted by atomic mass is 16.4. The van der Waals surface area contributed by atoms with E-state index in [4.69, 9.17) is 5.73 Å². The van der Waals surface area contributed by atoms with Crippen LogP contribution < -0.4 is 11.1 Å². The number of carboxylic acid groups (broad SMARTS) is 1. The first-order valence-electron chi connectivity index (χ1n) is 6.09. The maximum atomic E-state index is 12.0. The van der Waals surface area contributed by atoms with Crippen molar-refractivity contribution < 1.29 is 14.7 Å². The van der Waals surface area contributed by atoms with E-state index in [1.165, 1.54) is 0 Å². The fourth-order valence-corrected chi connectivity index (χ4v) is 2.00. The lowest BCUT2D eigenvalue weighted by molar-refractivity contribution is -0.148. The molecule has 5 nitrogen and oxygen atoms in total. The highest BCUT2D eigenvalue weighted by molar-refractivity contribution is 5.92. The van der Waals surface area contributed by atoms with Crippen molar-refractivity contribution >= 4 is 11.9 Å². The molecule has 1 fully saturated rings. The Morgan fingerprint density at radius 3 is 2.29 bits per heavy atom. The van der Waals surface area contributed by atoms with E-state index in [0.717, 1.165) is 19.3 Å². The summed E-state index contributed by atoms with van der Waals surface area (Å²) in [5, 5.41) is 11.8. The van der Waals surface area contributed by atoms with Crippen molar-refractivity contribution in [3.63, 3.8) is 0 Å². The molecule has 1 saturated carbocycles. The number of rotatable bonds is 6. The van der Waals surface area contributed by atoms with Gasteiger partial charge in [0.15, 0.2) is 0 Å². The van der Waals surface area contributed by atoms with Crippen molar-refractivity contribution in [3.8, 4) is 0 Å². The number of hydrogen-bond donors (Lipinski definition) is 3. The van der Waals surface area contributed by atoms with E-state index in [2.05, 4.69) is 5.32 Å². The molecule has 0 bridgehead atoms. The Kier molecular flexibility index (Phi) is 3.81. The Labute approximate surface area is 102 Å². The van der Waals surface area contributed by atoms with E-state index in [1.54, 1.807) is 13.8 Å². The Morgan fingerprint density at radius 1 is 1.41 bits per heavy atom. The van der Waals surface area contributed by atoms with Gasteiger partial charge in [-0.25, -0.2) is 4.79 Å². The van der Waals surface area contributed by atoms with E-state index < -0.39 is 17.0 Å². The third-order valence-corrected chi connectivity index (χ3v) is 3.50. The molecule has 5 heteroatoms.